The van der Waals surface area contributed by atoms with Crippen LogP contribution in [0.5, 0.6) is 0 Å². The number of halogens is 1. The molecule has 1 fully saturated rings. The van der Waals surface area contributed by atoms with Crippen LogP contribution in [0, 0.1) is 0 Å². The number of piperidine rings is 1. The van der Waals surface area contributed by atoms with E-state index >= 15 is 0 Å². The second kappa shape index (κ2) is 5.34. The number of hydrogen-bond donors (Lipinski definition) is 1. The van der Waals surface area contributed by atoms with Gasteiger partial charge >= 0.3 is 0 Å². The Labute approximate surface area is 108 Å². The Hall–Kier alpha value is -0.640. The highest BCUT2D eigenvalue weighted by Crippen LogP contribution is 2.22. The van der Waals surface area contributed by atoms with Gasteiger partial charge in [-0.3, -0.25) is 4.90 Å². The molecule has 1 aromatic rings. The van der Waals surface area contributed by atoms with Gasteiger partial charge in [0.15, 0.2) is 0 Å². The molecule has 0 atom stereocenters. The van der Waals surface area contributed by atoms with E-state index in [1.165, 1.54) is 12.8 Å². The van der Waals surface area contributed by atoms with Crippen LogP contribution in [0.4, 0.5) is 0 Å². The smallest absolute Gasteiger partial charge is 0.129 e. The van der Waals surface area contributed by atoms with Crippen molar-refractivity contribution in [3.8, 4) is 0 Å². The Morgan fingerprint density at radius 3 is 2.71 bits per heavy atom. The fourth-order valence-corrected chi connectivity index (χ4v) is 2.40. The van der Waals surface area contributed by atoms with Crippen molar-refractivity contribution in [2.75, 3.05) is 20.1 Å². The van der Waals surface area contributed by atoms with Gasteiger partial charge in [-0.05, 0) is 38.9 Å². The molecule has 2 heterocycles. The second-order valence-corrected chi connectivity index (χ2v) is 5.43. The summed E-state index contributed by atoms with van der Waals surface area (Å²) in [4.78, 5) is 6.77. The van der Waals surface area contributed by atoms with Gasteiger partial charge in [0.2, 0.25) is 0 Å². The van der Waals surface area contributed by atoms with Crippen LogP contribution in [0.3, 0.4) is 0 Å². The summed E-state index contributed by atoms with van der Waals surface area (Å²) in [6.07, 6.45) is 2.37. The first-order valence-corrected chi connectivity index (χ1v) is 6.52. The van der Waals surface area contributed by atoms with Gasteiger partial charge in [-0.2, -0.15) is 0 Å². The summed E-state index contributed by atoms with van der Waals surface area (Å²) in [5, 5.41) is 3.99. The Kier molecular flexibility index (Phi) is 4.02. The first kappa shape index (κ1) is 12.8. The molecule has 0 radical (unpaired) electrons. The molecule has 0 saturated carbocycles. The lowest BCUT2D eigenvalue weighted by Crippen LogP contribution is -2.49. The fraction of sp³-hybridized carbons (Fsp3) is 0.615. The minimum atomic E-state index is 0.304. The Morgan fingerprint density at radius 2 is 2.12 bits per heavy atom. The van der Waals surface area contributed by atoms with Crippen molar-refractivity contribution in [2.45, 2.75) is 31.8 Å². The number of nitrogens with one attached hydrogen (secondary N) is 1. The largest absolute Gasteiger partial charge is 0.314 e. The minimum absolute atomic E-state index is 0.304. The number of likely N-dealkylation sites (tertiary alicyclic amines) is 1. The highest BCUT2D eigenvalue weighted by molar-refractivity contribution is 6.29. The van der Waals surface area contributed by atoms with Crippen molar-refractivity contribution in [3.05, 3.63) is 29.0 Å². The van der Waals surface area contributed by atoms with Gasteiger partial charge in [-0.15, -0.1) is 0 Å². The van der Waals surface area contributed by atoms with Crippen LogP contribution in [-0.2, 0) is 6.54 Å². The van der Waals surface area contributed by atoms with E-state index in [9.17, 15) is 0 Å². The van der Waals surface area contributed by atoms with Crippen LogP contribution < -0.4 is 5.32 Å². The van der Waals surface area contributed by atoms with Crippen molar-refractivity contribution < 1.29 is 0 Å². The number of nitrogens with zero attached hydrogens (tertiary/aromatic N) is 2. The summed E-state index contributed by atoms with van der Waals surface area (Å²) >= 11 is 5.89. The minimum Gasteiger partial charge on any atom is -0.314 e. The third-order valence-electron chi connectivity index (χ3n) is 3.72. The predicted octanol–water partition coefficient (Wildman–Crippen LogP) is 2.31. The summed E-state index contributed by atoms with van der Waals surface area (Å²) in [5.41, 5.74) is 1.36. The van der Waals surface area contributed by atoms with Crippen LogP contribution >= 0.6 is 11.6 Å². The van der Waals surface area contributed by atoms with E-state index in [4.69, 9.17) is 11.6 Å². The van der Waals surface area contributed by atoms with Crippen LogP contribution in [0.1, 0.15) is 25.5 Å². The van der Waals surface area contributed by atoms with Crippen molar-refractivity contribution in [3.63, 3.8) is 0 Å². The molecule has 0 amide bonds. The summed E-state index contributed by atoms with van der Waals surface area (Å²) < 4.78 is 0. The lowest BCUT2D eigenvalue weighted by Gasteiger charge is -2.39. The van der Waals surface area contributed by atoms with Crippen LogP contribution in [-0.4, -0.2) is 35.6 Å². The van der Waals surface area contributed by atoms with E-state index in [2.05, 4.69) is 22.1 Å². The third-order valence-corrected chi connectivity index (χ3v) is 3.93. The normalized spacial score (nSPS) is 20.4. The first-order chi connectivity index (χ1) is 8.11. The molecule has 94 valence electrons. The maximum absolute atomic E-state index is 5.89. The molecular formula is C13H20ClN3. The maximum Gasteiger partial charge on any atom is 0.129 e. The van der Waals surface area contributed by atoms with E-state index in [-0.39, 0.29) is 0 Å². The quantitative estimate of drug-likeness (QED) is 0.838. The van der Waals surface area contributed by atoms with Crippen LogP contribution in [0.15, 0.2) is 18.2 Å². The standard InChI is InChI=1S/C13H20ClN3/c1-13(15-2)6-8-17(9-7-13)10-11-4-3-5-12(14)16-11/h3-5,15H,6-10H2,1-2H3. The molecule has 3 nitrogen and oxygen atoms in total. The predicted molar refractivity (Wildman–Crippen MR) is 71.2 cm³/mol. The molecule has 1 aliphatic heterocycles. The molecule has 1 saturated heterocycles. The average Bonchev–Trinajstić information content (AvgIpc) is 2.33. The van der Waals surface area contributed by atoms with Crippen molar-refractivity contribution >= 4 is 11.6 Å². The van der Waals surface area contributed by atoms with Gasteiger partial charge in [0, 0.05) is 25.2 Å². The Balaban J connectivity index is 1.90. The number of rotatable bonds is 3. The molecule has 4 heteroatoms. The summed E-state index contributed by atoms with van der Waals surface area (Å²) in [5.74, 6) is 0. The topological polar surface area (TPSA) is 28.2 Å². The summed E-state index contributed by atoms with van der Waals surface area (Å²) in [7, 11) is 2.05. The molecule has 1 aromatic heterocycles. The Morgan fingerprint density at radius 1 is 1.41 bits per heavy atom. The average molecular weight is 254 g/mol. The lowest BCUT2D eigenvalue weighted by molar-refractivity contribution is 0.145. The van der Waals surface area contributed by atoms with Crippen molar-refractivity contribution in [1.29, 1.82) is 0 Å². The van der Waals surface area contributed by atoms with Gasteiger partial charge in [0.25, 0.3) is 0 Å². The molecule has 1 aliphatic rings. The van der Waals surface area contributed by atoms with Gasteiger partial charge in [-0.25, -0.2) is 4.98 Å². The molecule has 1 N–H and O–H groups in total. The SMILES string of the molecule is CNC1(C)CCN(Cc2cccc(Cl)n2)CC1. The van der Waals surface area contributed by atoms with E-state index in [0.717, 1.165) is 25.3 Å². The number of hydrogen-bond acceptors (Lipinski definition) is 3. The zero-order valence-electron chi connectivity index (χ0n) is 10.5. The van der Waals surface area contributed by atoms with Crippen molar-refractivity contribution in [2.24, 2.45) is 0 Å². The molecule has 0 bridgehead atoms. The summed E-state index contributed by atoms with van der Waals surface area (Å²) in [6.45, 7) is 5.43. The molecule has 0 spiro atoms. The zero-order valence-corrected chi connectivity index (χ0v) is 11.3. The fourth-order valence-electron chi connectivity index (χ4n) is 2.22. The number of pyridine rings is 1. The molecule has 0 aromatic carbocycles. The second-order valence-electron chi connectivity index (χ2n) is 5.04. The van der Waals surface area contributed by atoms with E-state index < -0.39 is 0 Å². The zero-order chi connectivity index (χ0) is 12.3. The molecule has 0 unspecified atom stereocenters. The molecule has 17 heavy (non-hydrogen) atoms. The molecule has 0 aliphatic carbocycles. The monoisotopic (exact) mass is 253 g/mol. The van der Waals surface area contributed by atoms with Crippen LogP contribution in [0.25, 0.3) is 0 Å². The highest BCUT2D eigenvalue weighted by Gasteiger charge is 2.28. The van der Waals surface area contributed by atoms with E-state index in [1.807, 2.05) is 25.2 Å². The maximum atomic E-state index is 5.89. The first-order valence-electron chi connectivity index (χ1n) is 6.14. The van der Waals surface area contributed by atoms with Gasteiger partial charge in [0.1, 0.15) is 5.15 Å². The third kappa shape index (κ3) is 3.41. The molecule has 2 rings (SSSR count). The lowest BCUT2D eigenvalue weighted by atomic mass is 9.90. The van der Waals surface area contributed by atoms with Gasteiger partial charge in [0.05, 0.1) is 5.69 Å². The van der Waals surface area contributed by atoms with E-state index in [1.54, 1.807) is 0 Å². The Bertz CT molecular complexity index is 373. The van der Waals surface area contributed by atoms with Crippen molar-refractivity contribution in [1.82, 2.24) is 15.2 Å². The van der Waals surface area contributed by atoms with Gasteiger partial charge in [-0.1, -0.05) is 17.7 Å². The van der Waals surface area contributed by atoms with Gasteiger partial charge < -0.3 is 5.32 Å². The van der Waals surface area contributed by atoms with Crippen LogP contribution in [0.2, 0.25) is 5.15 Å². The molecular weight excluding hydrogens is 234 g/mol. The van der Waals surface area contributed by atoms with E-state index in [0.29, 0.717) is 10.7 Å². The highest BCUT2D eigenvalue weighted by atomic mass is 35.5. The summed E-state index contributed by atoms with van der Waals surface area (Å²) in [6, 6.07) is 5.82. The number of aromatic nitrogens is 1.